The van der Waals surface area contributed by atoms with Crippen LogP contribution in [0.5, 0.6) is 5.75 Å². The zero-order valence-electron chi connectivity index (χ0n) is 21.3. The average molecular weight is 558 g/mol. The first-order valence-corrected chi connectivity index (χ1v) is 13.1. The molecule has 1 saturated heterocycles. The second kappa shape index (κ2) is 11.0. The summed E-state index contributed by atoms with van der Waals surface area (Å²) in [7, 11) is 0. The maximum Gasteiger partial charge on any atom is 0.300 e. The Hall–Kier alpha value is -4.06. The largest absolute Gasteiger partial charge is 0.507 e. The lowest BCUT2D eigenvalue weighted by molar-refractivity contribution is -0.132. The van der Waals surface area contributed by atoms with Crippen LogP contribution < -0.4 is 9.64 Å². The maximum atomic E-state index is 13.5. The molecular formula is C32H25Cl2NO4. The fourth-order valence-corrected chi connectivity index (χ4v) is 5.06. The van der Waals surface area contributed by atoms with E-state index in [1.807, 2.05) is 68.4 Å². The summed E-state index contributed by atoms with van der Waals surface area (Å²) in [5.74, 6) is -1.15. The van der Waals surface area contributed by atoms with Crippen LogP contribution in [0.1, 0.15) is 33.9 Å². The van der Waals surface area contributed by atoms with Crippen LogP contribution in [0.4, 0.5) is 5.69 Å². The molecule has 39 heavy (non-hydrogen) atoms. The number of anilines is 1. The summed E-state index contributed by atoms with van der Waals surface area (Å²) in [5.41, 5.74) is 4.19. The van der Waals surface area contributed by atoms with E-state index in [0.29, 0.717) is 34.2 Å². The van der Waals surface area contributed by atoms with Crippen molar-refractivity contribution in [3.63, 3.8) is 0 Å². The molecule has 1 aliphatic heterocycles. The number of aliphatic hydroxyl groups is 1. The molecule has 4 aromatic carbocycles. The molecule has 5 rings (SSSR count). The molecule has 0 aromatic heterocycles. The number of carbonyl (C=O) groups is 2. The molecule has 0 aliphatic carbocycles. The normalized spacial score (nSPS) is 16.5. The highest BCUT2D eigenvalue weighted by atomic mass is 35.5. The van der Waals surface area contributed by atoms with Gasteiger partial charge in [0, 0.05) is 11.3 Å². The highest BCUT2D eigenvalue weighted by molar-refractivity contribution is 6.52. The first kappa shape index (κ1) is 26.5. The predicted molar refractivity (Wildman–Crippen MR) is 154 cm³/mol. The molecule has 7 heteroatoms. The van der Waals surface area contributed by atoms with Crippen LogP contribution in [0.2, 0.25) is 10.0 Å². The van der Waals surface area contributed by atoms with E-state index in [4.69, 9.17) is 27.9 Å². The van der Waals surface area contributed by atoms with Crippen LogP contribution in [0.15, 0.2) is 96.6 Å². The van der Waals surface area contributed by atoms with E-state index in [2.05, 4.69) is 0 Å². The van der Waals surface area contributed by atoms with Crippen molar-refractivity contribution < 1.29 is 19.4 Å². The van der Waals surface area contributed by atoms with Gasteiger partial charge in [-0.15, -0.1) is 0 Å². The molecule has 1 fully saturated rings. The third kappa shape index (κ3) is 5.16. The number of aliphatic hydroxyl groups excluding tert-OH is 1. The molecule has 1 heterocycles. The van der Waals surface area contributed by atoms with Crippen LogP contribution in [0, 0.1) is 13.8 Å². The van der Waals surface area contributed by atoms with E-state index in [0.717, 1.165) is 16.7 Å². The van der Waals surface area contributed by atoms with Gasteiger partial charge in [0.2, 0.25) is 0 Å². The molecule has 1 amide bonds. The Bertz CT molecular complexity index is 1610. The summed E-state index contributed by atoms with van der Waals surface area (Å²) in [6, 6.07) is 26.3. The molecule has 5 nitrogen and oxygen atoms in total. The third-order valence-electron chi connectivity index (χ3n) is 6.79. The van der Waals surface area contributed by atoms with Crippen LogP contribution in [0.25, 0.3) is 5.76 Å². The van der Waals surface area contributed by atoms with Gasteiger partial charge in [-0.25, -0.2) is 0 Å². The smallest absolute Gasteiger partial charge is 0.300 e. The summed E-state index contributed by atoms with van der Waals surface area (Å²) in [4.78, 5) is 28.3. The minimum atomic E-state index is -0.863. The number of rotatable bonds is 6. The van der Waals surface area contributed by atoms with Crippen molar-refractivity contribution in [3.05, 3.63) is 134 Å². The maximum absolute atomic E-state index is 13.5. The van der Waals surface area contributed by atoms with Gasteiger partial charge in [-0.2, -0.15) is 0 Å². The van der Waals surface area contributed by atoms with E-state index in [9.17, 15) is 14.7 Å². The Kier molecular flexibility index (Phi) is 7.47. The highest BCUT2D eigenvalue weighted by Crippen LogP contribution is 2.44. The second-order valence-electron chi connectivity index (χ2n) is 9.38. The molecule has 0 radical (unpaired) electrons. The number of ketones is 1. The molecule has 0 spiro atoms. The second-order valence-corrected chi connectivity index (χ2v) is 10.2. The van der Waals surface area contributed by atoms with Crippen LogP contribution in [0.3, 0.4) is 0 Å². The minimum Gasteiger partial charge on any atom is -0.507 e. The quantitative estimate of drug-likeness (QED) is 0.149. The molecule has 196 valence electrons. The van der Waals surface area contributed by atoms with Crippen molar-refractivity contribution in [2.75, 3.05) is 4.90 Å². The number of halogens is 2. The Labute approximate surface area is 236 Å². The van der Waals surface area contributed by atoms with E-state index in [1.165, 1.54) is 4.90 Å². The summed E-state index contributed by atoms with van der Waals surface area (Å²) in [6.45, 7) is 4.16. The summed E-state index contributed by atoms with van der Waals surface area (Å²) in [5, 5.41) is 12.1. The Morgan fingerprint density at radius 3 is 2.26 bits per heavy atom. The molecule has 1 unspecified atom stereocenters. The predicted octanol–water partition coefficient (Wildman–Crippen LogP) is 7.82. The number of nitrogens with zero attached hydrogens (tertiary/aromatic N) is 1. The summed E-state index contributed by atoms with van der Waals surface area (Å²) >= 11 is 12.4. The van der Waals surface area contributed by atoms with E-state index >= 15 is 0 Å². The van der Waals surface area contributed by atoms with Gasteiger partial charge in [0.25, 0.3) is 11.7 Å². The number of benzene rings is 4. The van der Waals surface area contributed by atoms with Gasteiger partial charge in [0.1, 0.15) is 18.1 Å². The van der Waals surface area contributed by atoms with E-state index in [1.54, 1.807) is 36.4 Å². The number of Topliss-reactive ketones (excluding diaryl/α,β-unsaturated/α-hetero) is 1. The molecule has 1 atom stereocenters. The first-order valence-electron chi connectivity index (χ1n) is 12.4. The standard InChI is InChI=1S/C32H25Cl2NO4/c1-19-8-6-7-11-24(19)29-28(31(37)32(38)35(29)23-13-14-25(33)26(34)17-23)30(36)22-12-15-27(20(2)16-22)39-18-21-9-4-3-5-10-21/h3-17,29,36H,18H2,1-2H3/b30-28+. The molecular weight excluding hydrogens is 533 g/mol. The van der Waals surface area contributed by atoms with Crippen LogP contribution in [-0.4, -0.2) is 16.8 Å². The molecule has 1 N–H and O–H groups in total. The number of hydrogen-bond acceptors (Lipinski definition) is 4. The first-order chi connectivity index (χ1) is 18.8. The van der Waals surface area contributed by atoms with Crippen LogP contribution in [-0.2, 0) is 16.2 Å². The van der Waals surface area contributed by atoms with Gasteiger partial charge in [0.15, 0.2) is 0 Å². The van der Waals surface area contributed by atoms with Gasteiger partial charge in [-0.05, 0) is 72.5 Å². The molecule has 0 bridgehead atoms. The topological polar surface area (TPSA) is 66.8 Å². The Morgan fingerprint density at radius 1 is 0.846 bits per heavy atom. The van der Waals surface area contributed by atoms with Gasteiger partial charge < -0.3 is 9.84 Å². The fraction of sp³-hybridized carbons (Fsp3) is 0.125. The van der Waals surface area contributed by atoms with E-state index in [-0.39, 0.29) is 16.4 Å². The monoisotopic (exact) mass is 557 g/mol. The third-order valence-corrected chi connectivity index (χ3v) is 7.53. The van der Waals surface area contributed by atoms with E-state index < -0.39 is 17.7 Å². The van der Waals surface area contributed by atoms with Crippen molar-refractivity contribution in [2.24, 2.45) is 0 Å². The SMILES string of the molecule is Cc1cc(/C(O)=C2\C(=O)C(=O)N(c3ccc(Cl)c(Cl)c3)C2c2ccccc2C)ccc1OCc1ccccc1. The van der Waals surface area contributed by atoms with Crippen molar-refractivity contribution in [1.29, 1.82) is 0 Å². The lowest BCUT2D eigenvalue weighted by Gasteiger charge is -2.27. The highest BCUT2D eigenvalue weighted by Gasteiger charge is 2.47. The van der Waals surface area contributed by atoms with Gasteiger partial charge in [0.05, 0.1) is 21.7 Å². The van der Waals surface area contributed by atoms with Crippen molar-refractivity contribution in [2.45, 2.75) is 26.5 Å². The van der Waals surface area contributed by atoms with Crippen LogP contribution >= 0.6 is 23.2 Å². The van der Waals surface area contributed by atoms with Crippen molar-refractivity contribution in [1.82, 2.24) is 0 Å². The summed E-state index contributed by atoms with van der Waals surface area (Å²) < 4.78 is 5.97. The van der Waals surface area contributed by atoms with Crippen molar-refractivity contribution in [3.8, 4) is 5.75 Å². The Balaban J connectivity index is 1.58. The lowest BCUT2D eigenvalue weighted by Crippen LogP contribution is -2.29. The fourth-order valence-electron chi connectivity index (χ4n) is 4.77. The molecule has 4 aromatic rings. The molecule has 1 aliphatic rings. The summed E-state index contributed by atoms with van der Waals surface area (Å²) in [6.07, 6.45) is 0. The number of aryl methyl sites for hydroxylation is 2. The van der Waals surface area contributed by atoms with Gasteiger partial charge in [-0.3, -0.25) is 14.5 Å². The number of hydrogen-bond donors (Lipinski definition) is 1. The number of amides is 1. The minimum absolute atomic E-state index is 0.00211. The van der Waals surface area contributed by atoms with Gasteiger partial charge >= 0.3 is 0 Å². The zero-order valence-corrected chi connectivity index (χ0v) is 22.8. The average Bonchev–Trinajstić information content (AvgIpc) is 3.19. The Morgan fingerprint density at radius 2 is 1.56 bits per heavy atom. The van der Waals surface area contributed by atoms with Crippen molar-refractivity contribution >= 4 is 46.3 Å². The number of carbonyl (C=O) groups excluding carboxylic acids is 2. The molecule has 0 saturated carbocycles. The van der Waals surface area contributed by atoms with Gasteiger partial charge in [-0.1, -0.05) is 77.8 Å². The zero-order chi connectivity index (χ0) is 27.7. The lowest BCUT2D eigenvalue weighted by atomic mass is 9.92. The number of ether oxygens (including phenoxy) is 1.